The van der Waals surface area contributed by atoms with E-state index in [9.17, 15) is 4.79 Å². The molecule has 0 radical (unpaired) electrons. The number of nitrogens with one attached hydrogen (secondary N) is 1. The molecule has 0 aromatic carbocycles. The van der Waals surface area contributed by atoms with Crippen LogP contribution in [-0.4, -0.2) is 46.3 Å². The quantitative estimate of drug-likeness (QED) is 0.831. The van der Waals surface area contributed by atoms with E-state index in [1.54, 1.807) is 4.68 Å². The van der Waals surface area contributed by atoms with E-state index >= 15 is 0 Å². The second kappa shape index (κ2) is 4.39. The van der Waals surface area contributed by atoms with Crippen molar-refractivity contribution in [3.63, 3.8) is 0 Å². The molecule has 1 atom stereocenters. The molecule has 0 spiro atoms. The fourth-order valence-corrected chi connectivity index (χ4v) is 3.04. The maximum atomic E-state index is 12.1. The molecule has 3 aliphatic rings. The van der Waals surface area contributed by atoms with Gasteiger partial charge in [-0.25, -0.2) is 0 Å². The van der Waals surface area contributed by atoms with Crippen LogP contribution >= 0.6 is 0 Å². The number of piperidine rings is 3. The molecule has 1 N–H and O–H groups in total. The maximum Gasteiger partial charge on any atom is 0.272 e. The first-order chi connectivity index (χ1) is 8.63. The monoisotopic (exact) mass is 248 g/mol. The van der Waals surface area contributed by atoms with E-state index in [1.165, 1.54) is 25.9 Å². The molecule has 5 nitrogen and oxygen atoms in total. The minimum absolute atomic E-state index is 0.0301. The summed E-state index contributed by atoms with van der Waals surface area (Å²) in [6, 6.07) is 2.15. The van der Waals surface area contributed by atoms with Gasteiger partial charge in [0, 0.05) is 25.3 Å². The summed E-state index contributed by atoms with van der Waals surface area (Å²) in [7, 11) is 1.86. The summed E-state index contributed by atoms with van der Waals surface area (Å²) in [5, 5.41) is 7.38. The van der Waals surface area contributed by atoms with E-state index in [0.717, 1.165) is 12.2 Å². The standard InChI is InChI=1S/C13H20N4O/c1-9-7-11(15-16(9)2)13(18)14-12-8-17-5-3-10(12)4-6-17/h7,10,12H,3-6,8H2,1-2H3,(H,14,18). The average Bonchev–Trinajstić information content (AvgIpc) is 2.71. The number of hydrogen-bond acceptors (Lipinski definition) is 3. The number of carbonyl (C=O) groups excluding carboxylic acids is 1. The van der Waals surface area contributed by atoms with Gasteiger partial charge in [0.25, 0.3) is 5.91 Å². The van der Waals surface area contributed by atoms with Crippen LogP contribution in [0.4, 0.5) is 0 Å². The number of aryl methyl sites for hydroxylation is 2. The first kappa shape index (κ1) is 11.7. The molecule has 1 aromatic rings. The van der Waals surface area contributed by atoms with Crippen molar-refractivity contribution in [1.82, 2.24) is 20.0 Å². The molecule has 0 saturated carbocycles. The van der Waals surface area contributed by atoms with Gasteiger partial charge in [-0.2, -0.15) is 5.10 Å². The molecule has 3 saturated heterocycles. The van der Waals surface area contributed by atoms with Gasteiger partial charge in [0.05, 0.1) is 0 Å². The van der Waals surface area contributed by atoms with Gasteiger partial charge in [0.2, 0.25) is 0 Å². The smallest absolute Gasteiger partial charge is 0.272 e. The van der Waals surface area contributed by atoms with E-state index in [1.807, 2.05) is 20.0 Å². The topological polar surface area (TPSA) is 50.2 Å². The lowest BCUT2D eigenvalue weighted by Crippen LogP contribution is -2.57. The molecule has 3 aliphatic heterocycles. The minimum Gasteiger partial charge on any atom is -0.346 e. The largest absolute Gasteiger partial charge is 0.346 e. The molecule has 1 amide bonds. The van der Waals surface area contributed by atoms with Gasteiger partial charge in [-0.1, -0.05) is 0 Å². The molecule has 1 aromatic heterocycles. The van der Waals surface area contributed by atoms with Gasteiger partial charge >= 0.3 is 0 Å². The van der Waals surface area contributed by atoms with Gasteiger partial charge in [-0.3, -0.25) is 9.48 Å². The number of nitrogens with zero attached hydrogens (tertiary/aromatic N) is 3. The number of aromatic nitrogens is 2. The fourth-order valence-electron chi connectivity index (χ4n) is 3.04. The highest BCUT2D eigenvalue weighted by Crippen LogP contribution is 2.27. The second-order valence-corrected chi connectivity index (χ2v) is 5.51. The van der Waals surface area contributed by atoms with Gasteiger partial charge < -0.3 is 10.2 Å². The molecular formula is C13H20N4O. The van der Waals surface area contributed by atoms with E-state index in [4.69, 9.17) is 0 Å². The molecule has 98 valence electrons. The van der Waals surface area contributed by atoms with Gasteiger partial charge in [-0.05, 0) is 44.8 Å². The lowest BCUT2D eigenvalue weighted by molar-refractivity contribution is 0.0617. The molecule has 18 heavy (non-hydrogen) atoms. The van der Waals surface area contributed by atoms with Crippen LogP contribution in [-0.2, 0) is 7.05 Å². The Labute approximate surface area is 107 Å². The van der Waals surface area contributed by atoms with Crippen LogP contribution in [0.5, 0.6) is 0 Å². The van der Waals surface area contributed by atoms with Crippen molar-refractivity contribution >= 4 is 5.91 Å². The summed E-state index contributed by atoms with van der Waals surface area (Å²) in [6.45, 7) is 5.35. The third kappa shape index (κ3) is 2.03. The predicted molar refractivity (Wildman–Crippen MR) is 68.4 cm³/mol. The van der Waals surface area contributed by atoms with Gasteiger partial charge in [0.1, 0.15) is 5.69 Å². The van der Waals surface area contributed by atoms with E-state index in [-0.39, 0.29) is 5.91 Å². The molecular weight excluding hydrogens is 228 g/mol. The Morgan fingerprint density at radius 2 is 2.17 bits per heavy atom. The van der Waals surface area contributed by atoms with Crippen molar-refractivity contribution in [2.24, 2.45) is 13.0 Å². The van der Waals surface area contributed by atoms with Gasteiger partial charge in [-0.15, -0.1) is 0 Å². The molecule has 4 heterocycles. The fraction of sp³-hybridized carbons (Fsp3) is 0.692. The normalized spacial score (nSPS) is 30.4. The molecule has 0 aliphatic carbocycles. The first-order valence-electron chi connectivity index (χ1n) is 6.67. The Kier molecular flexibility index (Phi) is 2.86. The summed E-state index contributed by atoms with van der Waals surface area (Å²) >= 11 is 0. The first-order valence-corrected chi connectivity index (χ1v) is 6.67. The number of amides is 1. The highest BCUT2D eigenvalue weighted by Gasteiger charge is 2.35. The van der Waals surface area contributed by atoms with Crippen molar-refractivity contribution in [2.45, 2.75) is 25.8 Å². The van der Waals surface area contributed by atoms with Gasteiger partial charge in [0.15, 0.2) is 0 Å². The Morgan fingerprint density at radius 3 is 2.67 bits per heavy atom. The van der Waals surface area contributed by atoms with Crippen LogP contribution in [0.3, 0.4) is 0 Å². The number of fused-ring (bicyclic) bond motifs is 3. The lowest BCUT2D eigenvalue weighted by Gasteiger charge is -2.44. The number of hydrogen-bond donors (Lipinski definition) is 1. The van der Waals surface area contributed by atoms with Crippen molar-refractivity contribution in [3.05, 3.63) is 17.5 Å². The van der Waals surface area contributed by atoms with Crippen LogP contribution in [0.2, 0.25) is 0 Å². The molecule has 1 unspecified atom stereocenters. The van der Waals surface area contributed by atoms with Crippen molar-refractivity contribution in [1.29, 1.82) is 0 Å². The lowest BCUT2D eigenvalue weighted by atomic mass is 9.84. The summed E-state index contributed by atoms with van der Waals surface area (Å²) in [6.07, 6.45) is 2.43. The van der Waals surface area contributed by atoms with Crippen LogP contribution in [0.1, 0.15) is 29.0 Å². The summed E-state index contributed by atoms with van der Waals surface area (Å²) in [4.78, 5) is 14.6. The van der Waals surface area contributed by atoms with Crippen LogP contribution in [0, 0.1) is 12.8 Å². The van der Waals surface area contributed by atoms with Crippen molar-refractivity contribution in [3.8, 4) is 0 Å². The van der Waals surface area contributed by atoms with Crippen LogP contribution in [0.25, 0.3) is 0 Å². The maximum absolute atomic E-state index is 12.1. The Morgan fingerprint density at radius 1 is 1.44 bits per heavy atom. The predicted octanol–water partition coefficient (Wildman–Crippen LogP) is 0.553. The minimum atomic E-state index is -0.0301. The Balaban J connectivity index is 1.67. The van der Waals surface area contributed by atoms with Crippen LogP contribution in [0.15, 0.2) is 6.07 Å². The highest BCUT2D eigenvalue weighted by molar-refractivity contribution is 5.92. The average molecular weight is 248 g/mol. The summed E-state index contributed by atoms with van der Waals surface area (Å²) in [5.74, 6) is 0.626. The number of carbonyl (C=O) groups is 1. The third-order valence-corrected chi connectivity index (χ3v) is 4.32. The van der Waals surface area contributed by atoms with E-state index in [0.29, 0.717) is 17.7 Å². The summed E-state index contributed by atoms with van der Waals surface area (Å²) < 4.78 is 1.74. The highest BCUT2D eigenvalue weighted by atomic mass is 16.2. The zero-order chi connectivity index (χ0) is 12.7. The third-order valence-electron chi connectivity index (χ3n) is 4.32. The van der Waals surface area contributed by atoms with E-state index in [2.05, 4.69) is 15.3 Å². The number of rotatable bonds is 2. The molecule has 3 fully saturated rings. The van der Waals surface area contributed by atoms with E-state index < -0.39 is 0 Å². The molecule has 5 heteroatoms. The zero-order valence-corrected chi connectivity index (χ0v) is 11.0. The Bertz CT molecular complexity index is 440. The summed E-state index contributed by atoms with van der Waals surface area (Å²) in [5.41, 5.74) is 1.54. The van der Waals surface area contributed by atoms with Crippen molar-refractivity contribution < 1.29 is 4.79 Å². The molecule has 4 rings (SSSR count). The van der Waals surface area contributed by atoms with Crippen LogP contribution < -0.4 is 5.32 Å². The molecule has 2 bridgehead atoms. The zero-order valence-electron chi connectivity index (χ0n) is 11.0. The van der Waals surface area contributed by atoms with Crippen molar-refractivity contribution in [2.75, 3.05) is 19.6 Å². The SMILES string of the molecule is Cc1cc(C(=O)NC2CN3CCC2CC3)nn1C. The second-order valence-electron chi connectivity index (χ2n) is 5.51. The Hall–Kier alpha value is -1.36.